The van der Waals surface area contributed by atoms with Crippen molar-refractivity contribution in [3.63, 3.8) is 0 Å². The quantitative estimate of drug-likeness (QED) is 0.320. The highest BCUT2D eigenvalue weighted by Crippen LogP contribution is 2.11. The van der Waals surface area contributed by atoms with Gasteiger partial charge in [0.2, 0.25) is 0 Å². The third-order valence-electron chi connectivity index (χ3n) is 2.97. The number of Topliss-reactive ketones (excluding diaryl/α,β-unsaturated/α-hetero) is 1. The number of carbonyl (C=O) groups is 2. The SMILES string of the molecule is CCC(CCCCC/C=C/C=C/CC(C)=O)OC(C)=O. The highest BCUT2D eigenvalue weighted by Gasteiger charge is 2.08. The molecule has 114 valence electrons. The first-order valence-electron chi connectivity index (χ1n) is 7.54. The second-order valence-electron chi connectivity index (χ2n) is 5.04. The fraction of sp³-hybridized carbons (Fsp3) is 0.647. The maximum absolute atomic E-state index is 10.9. The van der Waals surface area contributed by atoms with Gasteiger partial charge in [-0.2, -0.15) is 0 Å². The fourth-order valence-electron chi connectivity index (χ4n) is 1.88. The van der Waals surface area contributed by atoms with Crippen LogP contribution in [0.4, 0.5) is 0 Å². The largest absolute Gasteiger partial charge is 0.463 e. The van der Waals surface area contributed by atoms with Gasteiger partial charge in [-0.05, 0) is 39.0 Å². The van der Waals surface area contributed by atoms with E-state index in [-0.39, 0.29) is 17.9 Å². The van der Waals surface area contributed by atoms with Gasteiger partial charge in [0.05, 0.1) is 0 Å². The molecule has 0 N–H and O–H groups in total. The van der Waals surface area contributed by atoms with Crippen molar-refractivity contribution in [3.05, 3.63) is 24.3 Å². The van der Waals surface area contributed by atoms with Crippen LogP contribution in [-0.4, -0.2) is 17.9 Å². The second-order valence-corrected chi connectivity index (χ2v) is 5.04. The Kier molecular flexibility index (Phi) is 11.8. The zero-order valence-electron chi connectivity index (χ0n) is 13.1. The van der Waals surface area contributed by atoms with Gasteiger partial charge in [0.15, 0.2) is 0 Å². The molecule has 0 bridgehead atoms. The summed E-state index contributed by atoms with van der Waals surface area (Å²) in [6.45, 7) is 5.10. The zero-order chi connectivity index (χ0) is 15.2. The monoisotopic (exact) mass is 280 g/mol. The molecule has 0 rings (SSSR count). The van der Waals surface area contributed by atoms with E-state index in [0.717, 1.165) is 38.5 Å². The molecule has 3 heteroatoms. The Balaban J connectivity index is 3.52. The van der Waals surface area contributed by atoms with E-state index in [4.69, 9.17) is 4.74 Å². The molecule has 1 unspecified atom stereocenters. The Morgan fingerprint density at radius 1 is 1.05 bits per heavy atom. The Labute approximate surface area is 123 Å². The van der Waals surface area contributed by atoms with Crippen molar-refractivity contribution in [2.75, 3.05) is 0 Å². The van der Waals surface area contributed by atoms with E-state index in [2.05, 4.69) is 6.08 Å². The molecule has 0 spiro atoms. The Hall–Kier alpha value is -1.38. The summed E-state index contributed by atoms with van der Waals surface area (Å²) >= 11 is 0. The van der Waals surface area contributed by atoms with Crippen LogP contribution in [0.1, 0.15) is 65.7 Å². The molecule has 3 nitrogen and oxygen atoms in total. The normalized spacial score (nSPS) is 12.9. The Morgan fingerprint density at radius 2 is 1.75 bits per heavy atom. The number of carbonyl (C=O) groups excluding carboxylic acids is 2. The predicted octanol–water partition coefficient (Wildman–Crippen LogP) is 4.37. The van der Waals surface area contributed by atoms with E-state index in [9.17, 15) is 9.59 Å². The van der Waals surface area contributed by atoms with Gasteiger partial charge in [-0.15, -0.1) is 0 Å². The second kappa shape index (κ2) is 12.6. The molecule has 1 atom stereocenters. The summed E-state index contributed by atoms with van der Waals surface area (Å²) < 4.78 is 5.20. The third-order valence-corrected chi connectivity index (χ3v) is 2.97. The lowest BCUT2D eigenvalue weighted by Gasteiger charge is -2.14. The number of esters is 1. The van der Waals surface area contributed by atoms with Gasteiger partial charge in [0, 0.05) is 13.3 Å². The Morgan fingerprint density at radius 3 is 2.35 bits per heavy atom. The molecule has 0 aliphatic heterocycles. The molecular formula is C17H28O3. The summed E-state index contributed by atoms with van der Waals surface area (Å²) in [5.74, 6) is 0.00467. The summed E-state index contributed by atoms with van der Waals surface area (Å²) in [7, 11) is 0. The minimum absolute atomic E-state index is 0.0811. The number of ether oxygens (including phenoxy) is 1. The summed E-state index contributed by atoms with van der Waals surface area (Å²) in [5, 5.41) is 0. The number of hydrogen-bond donors (Lipinski definition) is 0. The molecule has 0 amide bonds. The maximum Gasteiger partial charge on any atom is 0.302 e. The molecule has 0 radical (unpaired) electrons. The third kappa shape index (κ3) is 13.1. The molecule has 0 saturated carbocycles. The van der Waals surface area contributed by atoms with E-state index >= 15 is 0 Å². The number of hydrogen-bond acceptors (Lipinski definition) is 3. The molecule has 0 aliphatic rings. The van der Waals surface area contributed by atoms with Gasteiger partial charge in [-0.1, -0.05) is 37.6 Å². The predicted molar refractivity (Wildman–Crippen MR) is 82.5 cm³/mol. The average molecular weight is 280 g/mol. The standard InChI is InChI=1S/C17H28O3/c1-4-17(20-16(3)19)14-12-10-8-6-5-7-9-11-13-15(2)18/h5,7,9,11,17H,4,6,8,10,12-14H2,1-3H3/b7-5+,11-9+. The molecule has 0 saturated heterocycles. The minimum atomic E-state index is -0.183. The van der Waals surface area contributed by atoms with Gasteiger partial charge in [-0.3, -0.25) is 9.59 Å². The average Bonchev–Trinajstić information content (AvgIpc) is 2.38. The molecule has 0 aromatic heterocycles. The molecule has 0 heterocycles. The van der Waals surface area contributed by atoms with Crippen LogP contribution in [0, 0.1) is 0 Å². The number of allylic oxidation sites excluding steroid dienone is 4. The van der Waals surface area contributed by atoms with Crippen LogP contribution in [0.5, 0.6) is 0 Å². The lowest BCUT2D eigenvalue weighted by molar-refractivity contribution is -0.146. The molecule has 0 fully saturated rings. The van der Waals surface area contributed by atoms with Crippen LogP contribution in [-0.2, 0) is 14.3 Å². The van der Waals surface area contributed by atoms with Crippen molar-refractivity contribution in [1.82, 2.24) is 0 Å². The topological polar surface area (TPSA) is 43.4 Å². The first kappa shape index (κ1) is 18.6. The first-order valence-corrected chi connectivity index (χ1v) is 7.54. The lowest BCUT2D eigenvalue weighted by Crippen LogP contribution is -2.14. The zero-order valence-corrected chi connectivity index (χ0v) is 13.1. The lowest BCUT2D eigenvalue weighted by atomic mass is 10.1. The fourth-order valence-corrected chi connectivity index (χ4v) is 1.88. The summed E-state index contributed by atoms with van der Waals surface area (Å²) in [5.41, 5.74) is 0. The minimum Gasteiger partial charge on any atom is -0.463 e. The van der Waals surface area contributed by atoms with Crippen LogP contribution < -0.4 is 0 Å². The van der Waals surface area contributed by atoms with Gasteiger partial charge < -0.3 is 4.74 Å². The highest BCUT2D eigenvalue weighted by molar-refractivity contribution is 5.77. The molecule has 0 aromatic rings. The van der Waals surface area contributed by atoms with E-state index in [1.807, 2.05) is 25.2 Å². The van der Waals surface area contributed by atoms with Crippen molar-refractivity contribution in [3.8, 4) is 0 Å². The maximum atomic E-state index is 10.9. The van der Waals surface area contributed by atoms with E-state index in [1.165, 1.54) is 6.92 Å². The number of unbranched alkanes of at least 4 members (excludes halogenated alkanes) is 3. The molecular weight excluding hydrogens is 252 g/mol. The van der Waals surface area contributed by atoms with Crippen LogP contribution in [0.15, 0.2) is 24.3 Å². The van der Waals surface area contributed by atoms with E-state index < -0.39 is 0 Å². The van der Waals surface area contributed by atoms with Gasteiger partial charge >= 0.3 is 5.97 Å². The van der Waals surface area contributed by atoms with E-state index in [1.54, 1.807) is 6.92 Å². The van der Waals surface area contributed by atoms with Crippen LogP contribution >= 0.6 is 0 Å². The number of ketones is 1. The molecule has 0 aromatic carbocycles. The summed E-state index contributed by atoms with van der Waals surface area (Å²) in [6.07, 6.45) is 14.8. The van der Waals surface area contributed by atoms with Crippen molar-refractivity contribution in [1.29, 1.82) is 0 Å². The van der Waals surface area contributed by atoms with Gasteiger partial charge in [-0.25, -0.2) is 0 Å². The summed E-state index contributed by atoms with van der Waals surface area (Å²) in [4.78, 5) is 21.5. The molecule has 0 aliphatic carbocycles. The first-order chi connectivity index (χ1) is 9.56. The van der Waals surface area contributed by atoms with Gasteiger partial charge in [0.25, 0.3) is 0 Å². The summed E-state index contributed by atoms with van der Waals surface area (Å²) in [6, 6.07) is 0. The highest BCUT2D eigenvalue weighted by atomic mass is 16.5. The van der Waals surface area contributed by atoms with Crippen LogP contribution in [0.2, 0.25) is 0 Å². The Bertz CT molecular complexity index is 329. The van der Waals surface area contributed by atoms with Crippen LogP contribution in [0.3, 0.4) is 0 Å². The number of rotatable bonds is 11. The van der Waals surface area contributed by atoms with Gasteiger partial charge in [0.1, 0.15) is 11.9 Å². The molecule has 20 heavy (non-hydrogen) atoms. The van der Waals surface area contributed by atoms with Crippen LogP contribution in [0.25, 0.3) is 0 Å². The van der Waals surface area contributed by atoms with E-state index in [0.29, 0.717) is 6.42 Å². The smallest absolute Gasteiger partial charge is 0.302 e. The van der Waals surface area contributed by atoms with Crippen molar-refractivity contribution < 1.29 is 14.3 Å². The van der Waals surface area contributed by atoms with Crippen molar-refractivity contribution in [2.24, 2.45) is 0 Å². The van der Waals surface area contributed by atoms with Crippen molar-refractivity contribution >= 4 is 11.8 Å². The van der Waals surface area contributed by atoms with Crippen molar-refractivity contribution in [2.45, 2.75) is 71.8 Å².